The first kappa shape index (κ1) is 5.99. The standard InChI is InChI=1S/C9H6N2/c1-2-8-7-11-6-4-3-5-9(11)10-8/h1,3-7H. The smallest absolute Gasteiger partial charge is 0.138 e. The SMILES string of the molecule is C#Cc1cn2ccccc2n1. The third kappa shape index (κ3) is 0.870. The number of aromatic nitrogens is 2. The van der Waals surface area contributed by atoms with Gasteiger partial charge in [0.25, 0.3) is 0 Å². The minimum absolute atomic E-state index is 0.677. The quantitative estimate of drug-likeness (QED) is 0.507. The molecule has 2 nitrogen and oxygen atoms in total. The average Bonchev–Trinajstić information content (AvgIpc) is 2.46. The van der Waals surface area contributed by atoms with E-state index < -0.39 is 0 Å². The fourth-order valence-electron chi connectivity index (χ4n) is 1.00. The van der Waals surface area contributed by atoms with Gasteiger partial charge in [-0.2, -0.15) is 0 Å². The lowest BCUT2D eigenvalue weighted by Gasteiger charge is -1.86. The second-order valence-electron chi connectivity index (χ2n) is 2.24. The third-order valence-corrected chi connectivity index (χ3v) is 1.51. The molecule has 2 heteroatoms. The summed E-state index contributed by atoms with van der Waals surface area (Å²) in [5, 5.41) is 0. The first-order chi connectivity index (χ1) is 5.40. The van der Waals surface area contributed by atoms with E-state index in [4.69, 9.17) is 6.42 Å². The monoisotopic (exact) mass is 142 g/mol. The number of imidazole rings is 1. The molecule has 2 rings (SSSR count). The van der Waals surface area contributed by atoms with Gasteiger partial charge in [-0.05, 0) is 18.1 Å². The molecule has 0 N–H and O–H groups in total. The highest BCUT2D eigenvalue weighted by atomic mass is 15.0. The average molecular weight is 142 g/mol. The zero-order valence-electron chi connectivity index (χ0n) is 5.86. The van der Waals surface area contributed by atoms with Gasteiger partial charge < -0.3 is 4.40 Å². The van der Waals surface area contributed by atoms with Crippen LogP contribution in [0.4, 0.5) is 0 Å². The maximum absolute atomic E-state index is 5.19. The third-order valence-electron chi connectivity index (χ3n) is 1.51. The largest absolute Gasteiger partial charge is 0.306 e. The van der Waals surface area contributed by atoms with Gasteiger partial charge in [0.2, 0.25) is 0 Å². The van der Waals surface area contributed by atoms with Crippen LogP contribution in [-0.2, 0) is 0 Å². The number of hydrogen-bond donors (Lipinski definition) is 0. The van der Waals surface area contributed by atoms with Crippen molar-refractivity contribution in [2.75, 3.05) is 0 Å². The van der Waals surface area contributed by atoms with Gasteiger partial charge in [-0.3, -0.25) is 0 Å². The lowest BCUT2D eigenvalue weighted by molar-refractivity contribution is 1.19. The molecule has 0 amide bonds. The Hall–Kier alpha value is -1.75. The number of pyridine rings is 1. The van der Waals surface area contributed by atoms with Crippen molar-refractivity contribution in [3.05, 3.63) is 36.3 Å². The summed E-state index contributed by atoms with van der Waals surface area (Å²) >= 11 is 0. The van der Waals surface area contributed by atoms with Crippen molar-refractivity contribution in [2.45, 2.75) is 0 Å². The van der Waals surface area contributed by atoms with Crippen LogP contribution in [0.1, 0.15) is 5.69 Å². The molecule has 2 heterocycles. The van der Waals surface area contributed by atoms with Crippen molar-refractivity contribution in [3.63, 3.8) is 0 Å². The molecule has 11 heavy (non-hydrogen) atoms. The molecule has 0 bridgehead atoms. The van der Waals surface area contributed by atoms with Crippen molar-refractivity contribution in [1.29, 1.82) is 0 Å². The van der Waals surface area contributed by atoms with Gasteiger partial charge in [0, 0.05) is 12.4 Å². The fourth-order valence-corrected chi connectivity index (χ4v) is 1.00. The Labute approximate surface area is 64.5 Å². The van der Waals surface area contributed by atoms with Crippen LogP contribution in [0.5, 0.6) is 0 Å². The van der Waals surface area contributed by atoms with Crippen LogP contribution in [0.2, 0.25) is 0 Å². The highest BCUT2D eigenvalue weighted by Gasteiger charge is 1.94. The van der Waals surface area contributed by atoms with Crippen molar-refractivity contribution in [3.8, 4) is 12.3 Å². The summed E-state index contributed by atoms with van der Waals surface area (Å²) in [6, 6.07) is 5.79. The summed E-state index contributed by atoms with van der Waals surface area (Å²) in [7, 11) is 0. The summed E-state index contributed by atoms with van der Waals surface area (Å²) in [6.45, 7) is 0. The van der Waals surface area contributed by atoms with Crippen LogP contribution in [0.15, 0.2) is 30.6 Å². The van der Waals surface area contributed by atoms with Gasteiger partial charge in [0.15, 0.2) is 0 Å². The Balaban J connectivity index is 2.81. The van der Waals surface area contributed by atoms with Gasteiger partial charge in [-0.15, -0.1) is 6.42 Å². The van der Waals surface area contributed by atoms with E-state index in [-0.39, 0.29) is 0 Å². The zero-order valence-corrected chi connectivity index (χ0v) is 5.86. The van der Waals surface area contributed by atoms with Crippen molar-refractivity contribution in [2.24, 2.45) is 0 Å². The highest BCUT2D eigenvalue weighted by Crippen LogP contribution is 2.02. The molecule has 0 aliphatic rings. The normalized spacial score (nSPS) is 9.73. The molecule has 0 saturated carbocycles. The molecule has 0 fully saturated rings. The molecule has 0 aliphatic carbocycles. The predicted octanol–water partition coefficient (Wildman–Crippen LogP) is 1.32. The number of fused-ring (bicyclic) bond motifs is 1. The lowest BCUT2D eigenvalue weighted by Crippen LogP contribution is -1.77. The Kier molecular flexibility index (Phi) is 1.16. The van der Waals surface area contributed by atoms with Gasteiger partial charge in [-0.1, -0.05) is 6.07 Å². The van der Waals surface area contributed by atoms with Crippen LogP contribution < -0.4 is 0 Å². The van der Waals surface area contributed by atoms with Crippen LogP contribution in [0.3, 0.4) is 0 Å². The molecule has 52 valence electrons. The Morgan fingerprint density at radius 3 is 3.09 bits per heavy atom. The summed E-state index contributed by atoms with van der Waals surface area (Å²) in [5.74, 6) is 2.48. The van der Waals surface area contributed by atoms with E-state index in [2.05, 4.69) is 10.9 Å². The van der Waals surface area contributed by atoms with E-state index in [1.54, 1.807) is 0 Å². The molecular formula is C9H6N2. The zero-order chi connectivity index (χ0) is 7.68. The highest BCUT2D eigenvalue weighted by molar-refractivity contribution is 5.42. The van der Waals surface area contributed by atoms with Gasteiger partial charge >= 0.3 is 0 Å². The lowest BCUT2D eigenvalue weighted by atomic mass is 10.5. The van der Waals surface area contributed by atoms with Crippen LogP contribution in [0, 0.1) is 12.3 Å². The second-order valence-corrected chi connectivity index (χ2v) is 2.24. The van der Waals surface area contributed by atoms with Crippen molar-refractivity contribution in [1.82, 2.24) is 9.38 Å². The Morgan fingerprint density at radius 1 is 1.45 bits per heavy atom. The van der Waals surface area contributed by atoms with E-state index in [9.17, 15) is 0 Å². The summed E-state index contributed by atoms with van der Waals surface area (Å²) in [6.07, 6.45) is 8.94. The molecule has 2 aromatic rings. The number of nitrogens with zero attached hydrogens (tertiary/aromatic N) is 2. The topological polar surface area (TPSA) is 17.3 Å². The second kappa shape index (κ2) is 2.14. The molecule has 0 aromatic carbocycles. The van der Waals surface area contributed by atoms with E-state index in [0.29, 0.717) is 5.69 Å². The number of terminal acetylenes is 1. The van der Waals surface area contributed by atoms with Crippen molar-refractivity contribution < 1.29 is 0 Å². The Morgan fingerprint density at radius 2 is 2.36 bits per heavy atom. The molecule has 0 aliphatic heterocycles. The van der Waals surface area contributed by atoms with Gasteiger partial charge in [-0.25, -0.2) is 4.98 Å². The summed E-state index contributed by atoms with van der Waals surface area (Å²) in [4.78, 5) is 4.16. The first-order valence-electron chi connectivity index (χ1n) is 3.30. The minimum Gasteiger partial charge on any atom is -0.306 e. The van der Waals surface area contributed by atoms with Crippen molar-refractivity contribution >= 4 is 5.65 Å². The predicted molar refractivity (Wildman–Crippen MR) is 43.1 cm³/mol. The minimum atomic E-state index is 0.677. The van der Waals surface area contributed by atoms with Gasteiger partial charge in [0.05, 0.1) is 0 Å². The fraction of sp³-hybridized carbons (Fsp3) is 0. The van der Waals surface area contributed by atoms with Crippen LogP contribution >= 0.6 is 0 Å². The molecule has 0 atom stereocenters. The summed E-state index contributed by atoms with van der Waals surface area (Å²) in [5.41, 5.74) is 1.57. The molecule has 0 unspecified atom stereocenters. The van der Waals surface area contributed by atoms with E-state index in [1.807, 2.05) is 35.0 Å². The maximum atomic E-state index is 5.19. The number of rotatable bonds is 0. The summed E-state index contributed by atoms with van der Waals surface area (Å²) < 4.78 is 1.90. The van der Waals surface area contributed by atoms with Crippen LogP contribution in [0.25, 0.3) is 5.65 Å². The van der Waals surface area contributed by atoms with E-state index >= 15 is 0 Å². The van der Waals surface area contributed by atoms with E-state index in [1.165, 1.54) is 0 Å². The van der Waals surface area contributed by atoms with E-state index in [0.717, 1.165) is 5.65 Å². The molecule has 0 radical (unpaired) electrons. The van der Waals surface area contributed by atoms with Crippen LogP contribution in [-0.4, -0.2) is 9.38 Å². The molecule has 2 aromatic heterocycles. The molecule has 0 spiro atoms. The Bertz CT molecular complexity index is 387. The molecular weight excluding hydrogens is 136 g/mol. The molecule has 0 saturated heterocycles. The maximum Gasteiger partial charge on any atom is 0.138 e. The number of hydrogen-bond acceptors (Lipinski definition) is 1. The van der Waals surface area contributed by atoms with Gasteiger partial charge in [0.1, 0.15) is 11.3 Å². The first-order valence-corrected chi connectivity index (χ1v) is 3.30.